The second-order valence-electron chi connectivity index (χ2n) is 13.9. The molecule has 0 radical (unpaired) electrons. The van der Waals surface area contributed by atoms with Gasteiger partial charge in [0, 0.05) is 57.4 Å². The summed E-state index contributed by atoms with van der Waals surface area (Å²) in [7, 11) is 0. The van der Waals surface area contributed by atoms with Crippen molar-refractivity contribution < 1.29 is 83.8 Å². The number of rotatable bonds is 19. The molecular weight excluding hydrogens is 940 g/mol. The SMILES string of the molecule is O=C(O)c1ccc(N=Nc2ccc(N(CCOC([O-])=C3C=CC=C3)CCOC([O-])=C3C=CC=C3)cc2)cc1.[Fe+2].[Fe+2].[O-]C(OCCN(CCO)c1ccccc1)=C1C=CC=C1.[O-]C=C1C=CC=C1. The van der Waals surface area contributed by atoms with Gasteiger partial charge in [-0.2, -0.15) is 10.2 Å². The molecule has 7 rings (SSSR count). The Morgan fingerprint density at radius 2 is 0.881 bits per heavy atom. The Hall–Kier alpha value is -7.19. The number of carboxylic acid groups (broad SMARTS) is 1. The summed E-state index contributed by atoms with van der Waals surface area (Å²) in [6, 6.07) is 23.1. The van der Waals surface area contributed by atoms with Crippen LogP contribution in [0.25, 0.3) is 0 Å². The molecule has 0 unspecified atom stereocenters. The molecule has 4 aliphatic carbocycles. The maximum atomic E-state index is 12.2. The number of carbonyl (C=O) groups is 1. The van der Waals surface area contributed by atoms with E-state index in [2.05, 4.69) is 10.2 Å². The third kappa shape index (κ3) is 18.7. The van der Waals surface area contributed by atoms with Crippen molar-refractivity contribution >= 4 is 28.7 Å². The van der Waals surface area contributed by atoms with E-state index in [9.17, 15) is 25.2 Å². The molecule has 0 fully saturated rings. The Morgan fingerprint density at radius 1 is 0.522 bits per heavy atom. The average molecular weight is 989 g/mol. The molecule has 0 amide bonds. The molecule has 67 heavy (non-hydrogen) atoms. The normalized spacial score (nSPS) is 13.1. The number of benzene rings is 3. The van der Waals surface area contributed by atoms with Crippen molar-refractivity contribution in [3.63, 3.8) is 0 Å². The summed E-state index contributed by atoms with van der Waals surface area (Å²) in [6.07, 6.45) is 29.0. The van der Waals surface area contributed by atoms with Crippen molar-refractivity contribution in [2.24, 2.45) is 10.2 Å². The van der Waals surface area contributed by atoms with Crippen LogP contribution >= 0.6 is 0 Å². The van der Waals surface area contributed by atoms with Crippen molar-refractivity contribution in [3.8, 4) is 0 Å². The quantitative estimate of drug-likeness (QED) is 0.0857. The summed E-state index contributed by atoms with van der Waals surface area (Å²) in [5.74, 6) is -2.11. The van der Waals surface area contributed by atoms with E-state index < -0.39 is 17.9 Å². The van der Waals surface area contributed by atoms with Gasteiger partial charge in [-0.3, -0.25) is 0 Å². The molecule has 3 aromatic carbocycles. The smallest absolute Gasteiger partial charge is 0.877 e. The largest absolute Gasteiger partial charge is 2.00 e. The number of para-hydroxylation sites is 1. The van der Waals surface area contributed by atoms with Gasteiger partial charge in [-0.05, 0) is 83.0 Å². The molecule has 16 heteroatoms. The van der Waals surface area contributed by atoms with Crippen molar-refractivity contribution in [2.75, 3.05) is 62.4 Å². The third-order valence-corrected chi connectivity index (χ3v) is 9.40. The second-order valence-corrected chi connectivity index (χ2v) is 13.9. The zero-order chi connectivity index (χ0) is 46.1. The van der Waals surface area contributed by atoms with E-state index in [0.717, 1.165) is 23.2 Å². The fraction of sp³-hybridized carbons (Fsp3) is 0.157. The predicted octanol–water partition coefficient (Wildman–Crippen LogP) is 5.59. The molecular formula is C51H48Fe2N4O10. The molecule has 0 aromatic heterocycles. The van der Waals surface area contributed by atoms with Gasteiger partial charge in [0.1, 0.15) is 0 Å². The summed E-state index contributed by atoms with van der Waals surface area (Å²) in [5, 5.41) is 72.4. The van der Waals surface area contributed by atoms with Gasteiger partial charge in [0.25, 0.3) is 0 Å². The van der Waals surface area contributed by atoms with Gasteiger partial charge in [0.2, 0.25) is 0 Å². The Bertz CT molecular complexity index is 2340. The third-order valence-electron chi connectivity index (χ3n) is 9.40. The van der Waals surface area contributed by atoms with Gasteiger partial charge in [0.15, 0.2) is 0 Å². The van der Waals surface area contributed by atoms with Crippen molar-refractivity contribution in [3.05, 3.63) is 228 Å². The molecule has 0 saturated carbocycles. The fourth-order valence-corrected chi connectivity index (χ4v) is 6.01. The molecule has 0 aliphatic heterocycles. The van der Waals surface area contributed by atoms with E-state index in [1.54, 1.807) is 109 Å². The summed E-state index contributed by atoms with van der Waals surface area (Å²) in [5.41, 5.74) is 5.43. The van der Waals surface area contributed by atoms with Crippen LogP contribution in [0.4, 0.5) is 22.7 Å². The minimum atomic E-state index is -1.00. The second kappa shape index (κ2) is 30.1. The van der Waals surface area contributed by atoms with Crippen LogP contribution in [0.1, 0.15) is 10.4 Å². The van der Waals surface area contributed by atoms with Gasteiger partial charge < -0.3 is 54.6 Å². The van der Waals surface area contributed by atoms with Crippen LogP contribution in [-0.4, -0.2) is 68.8 Å². The first-order valence-electron chi connectivity index (χ1n) is 20.6. The molecule has 2 N–H and O–H groups in total. The number of anilines is 2. The monoisotopic (exact) mass is 988 g/mol. The van der Waals surface area contributed by atoms with Crippen LogP contribution in [0.3, 0.4) is 0 Å². The fourth-order valence-electron chi connectivity index (χ4n) is 6.01. The van der Waals surface area contributed by atoms with Crippen LogP contribution < -0.4 is 30.2 Å². The van der Waals surface area contributed by atoms with E-state index in [1.165, 1.54) is 12.1 Å². The van der Waals surface area contributed by atoms with E-state index in [0.29, 0.717) is 60.9 Å². The Labute approximate surface area is 411 Å². The standard InChI is InChI=1S/C29H27N3O6.C16H19NO3.C6H6O.2Fe/c33-27(34)21-9-11-24(12-10-21)30-31-25-13-15-26(16-14-25)32(17-19-37-28(35)22-5-1-2-6-22)18-20-38-29(36)23-7-3-4-8-23;18-12-10-17(15-8-2-1-3-9-15)11-13-20-16(19)14-6-4-5-7-14;7-5-6-3-1-2-4-6;;/h1-16,35-36H,17-20H2,(H,33,34);1-9,18-19H,10-13H2;1-5,7H;;/q;;;2*+2/p-4. The minimum Gasteiger partial charge on any atom is -0.877 e. The maximum Gasteiger partial charge on any atom is 2.00 e. The number of nitrogens with zero attached hydrogens (tertiary/aromatic N) is 4. The van der Waals surface area contributed by atoms with Gasteiger partial charge >= 0.3 is 40.1 Å². The number of hydrogen-bond acceptors (Lipinski definition) is 13. The van der Waals surface area contributed by atoms with Gasteiger partial charge in [-0.1, -0.05) is 115 Å². The van der Waals surface area contributed by atoms with Crippen molar-refractivity contribution in [1.82, 2.24) is 0 Å². The number of aliphatic hydroxyl groups is 1. The molecule has 0 bridgehead atoms. The number of hydrogen-bond donors (Lipinski definition) is 2. The molecule has 4 aliphatic rings. The summed E-state index contributed by atoms with van der Waals surface area (Å²) < 4.78 is 16.0. The van der Waals surface area contributed by atoms with E-state index in [-0.39, 0.29) is 65.5 Å². The van der Waals surface area contributed by atoms with Gasteiger partial charge in [0.05, 0.1) is 41.4 Å². The summed E-state index contributed by atoms with van der Waals surface area (Å²) in [4.78, 5) is 14.9. The van der Waals surface area contributed by atoms with E-state index in [4.69, 9.17) is 24.4 Å². The number of azo groups is 1. The van der Waals surface area contributed by atoms with Crippen LogP contribution in [-0.2, 0) is 48.3 Å². The number of allylic oxidation sites excluding steroid dienone is 20. The van der Waals surface area contributed by atoms with E-state index >= 15 is 0 Å². The van der Waals surface area contributed by atoms with Gasteiger partial charge in [-0.25, -0.2) is 4.79 Å². The zero-order valence-electron chi connectivity index (χ0n) is 36.1. The topological polar surface area (TPSA) is 209 Å². The molecule has 14 nitrogen and oxygen atoms in total. The first-order valence-corrected chi connectivity index (χ1v) is 20.6. The minimum absolute atomic E-state index is 0. The first kappa shape index (κ1) is 54.1. The number of ether oxygens (including phenoxy) is 3. The number of aliphatic hydroxyl groups excluding tert-OH is 1. The predicted molar refractivity (Wildman–Crippen MR) is 242 cm³/mol. The number of aromatic carboxylic acids is 1. The van der Waals surface area contributed by atoms with Gasteiger partial charge in [-0.15, -0.1) is 6.26 Å². The molecule has 3 aromatic rings. The molecule has 0 heterocycles. The van der Waals surface area contributed by atoms with Crippen LogP contribution in [0.2, 0.25) is 0 Å². The van der Waals surface area contributed by atoms with Crippen LogP contribution in [0.5, 0.6) is 0 Å². The Kier molecular flexibility index (Phi) is 24.3. The van der Waals surface area contributed by atoms with E-state index in [1.807, 2.05) is 64.4 Å². The van der Waals surface area contributed by atoms with Crippen molar-refractivity contribution in [1.29, 1.82) is 0 Å². The molecule has 348 valence electrons. The first-order chi connectivity index (χ1) is 31.7. The Balaban J connectivity index is 0.000000341. The summed E-state index contributed by atoms with van der Waals surface area (Å²) in [6.45, 7) is 2.48. The van der Waals surface area contributed by atoms with Crippen LogP contribution in [0.15, 0.2) is 233 Å². The number of carboxylic acids is 1. The zero-order valence-corrected chi connectivity index (χ0v) is 38.3. The molecule has 0 saturated heterocycles. The van der Waals surface area contributed by atoms with Crippen LogP contribution in [0, 0.1) is 0 Å². The maximum absolute atomic E-state index is 12.2. The molecule has 0 atom stereocenters. The Morgan fingerprint density at radius 3 is 1.24 bits per heavy atom. The van der Waals surface area contributed by atoms with Crippen molar-refractivity contribution in [2.45, 2.75) is 0 Å². The summed E-state index contributed by atoms with van der Waals surface area (Å²) >= 11 is 0. The average Bonchev–Trinajstić information content (AvgIpc) is 4.20. The molecule has 0 spiro atoms.